The molecular formula is C28H28O3S. The highest BCUT2D eigenvalue weighted by molar-refractivity contribution is 7.16. The van der Waals surface area contributed by atoms with E-state index in [9.17, 15) is 5.11 Å². The van der Waals surface area contributed by atoms with Gasteiger partial charge in [0.15, 0.2) is 0 Å². The molecule has 0 fully saturated rings. The SMILES string of the molecule is COc1cc2c(c3c(CO)cc4c(c13)-c1sc(C)cc1C4(C)C)-c1oc(C)cc1C2(C)C. The van der Waals surface area contributed by atoms with Crippen molar-refractivity contribution in [3.63, 3.8) is 0 Å². The van der Waals surface area contributed by atoms with Crippen molar-refractivity contribution in [3.8, 4) is 27.5 Å². The number of aryl methyl sites for hydroxylation is 2. The summed E-state index contributed by atoms with van der Waals surface area (Å²) in [7, 11) is 1.75. The highest BCUT2D eigenvalue weighted by atomic mass is 32.1. The van der Waals surface area contributed by atoms with E-state index in [1.54, 1.807) is 7.11 Å². The van der Waals surface area contributed by atoms with Gasteiger partial charge in [-0.1, -0.05) is 33.8 Å². The first-order valence-corrected chi connectivity index (χ1v) is 12.0. The van der Waals surface area contributed by atoms with Crippen LogP contribution in [0.2, 0.25) is 0 Å². The summed E-state index contributed by atoms with van der Waals surface area (Å²) in [6.45, 7) is 13.2. The molecule has 164 valence electrons. The van der Waals surface area contributed by atoms with Crippen LogP contribution in [0.4, 0.5) is 0 Å². The first kappa shape index (κ1) is 20.1. The van der Waals surface area contributed by atoms with Crippen molar-refractivity contribution >= 4 is 22.1 Å². The van der Waals surface area contributed by atoms with Gasteiger partial charge in [-0.05, 0) is 54.3 Å². The van der Waals surface area contributed by atoms with Crippen molar-refractivity contribution in [1.29, 1.82) is 0 Å². The standard InChI is InChI=1S/C28H28O3S/c1-13-8-18-25(31-13)22-17(27(18,3)4)11-20(30-7)24-21(22)15(12-29)10-16-23(24)26-19(28(16,5)6)9-14(2)32-26/h8-11,29H,12H2,1-7H3. The summed E-state index contributed by atoms with van der Waals surface area (Å²) in [5.41, 5.74) is 8.02. The Morgan fingerprint density at radius 2 is 1.56 bits per heavy atom. The van der Waals surface area contributed by atoms with E-state index in [4.69, 9.17) is 9.15 Å². The Hall–Kier alpha value is -2.56. The zero-order valence-corrected chi connectivity index (χ0v) is 20.5. The molecule has 0 saturated carbocycles. The number of thiophene rings is 1. The molecule has 0 spiro atoms. The molecule has 0 atom stereocenters. The maximum Gasteiger partial charge on any atom is 0.139 e. The fraction of sp³-hybridized carbons (Fsp3) is 0.357. The summed E-state index contributed by atoms with van der Waals surface area (Å²) in [6.07, 6.45) is 0. The molecule has 0 unspecified atom stereocenters. The van der Waals surface area contributed by atoms with Crippen LogP contribution in [-0.2, 0) is 17.4 Å². The van der Waals surface area contributed by atoms with Crippen LogP contribution in [0.25, 0.3) is 32.5 Å². The summed E-state index contributed by atoms with van der Waals surface area (Å²) < 4.78 is 12.3. The highest BCUT2D eigenvalue weighted by Crippen LogP contribution is 2.60. The van der Waals surface area contributed by atoms with Crippen LogP contribution in [-0.4, -0.2) is 12.2 Å². The summed E-state index contributed by atoms with van der Waals surface area (Å²) in [5, 5.41) is 12.7. The molecule has 32 heavy (non-hydrogen) atoms. The minimum Gasteiger partial charge on any atom is -0.496 e. The number of hydrogen-bond acceptors (Lipinski definition) is 4. The van der Waals surface area contributed by atoms with E-state index in [-0.39, 0.29) is 17.4 Å². The third kappa shape index (κ3) is 2.20. The van der Waals surface area contributed by atoms with Gasteiger partial charge >= 0.3 is 0 Å². The number of rotatable bonds is 2. The minimum atomic E-state index is -0.195. The molecule has 4 heteroatoms. The Bertz CT molecular complexity index is 1350. The second-order valence-corrected chi connectivity index (χ2v) is 11.6. The number of furan rings is 1. The van der Waals surface area contributed by atoms with E-state index in [1.165, 1.54) is 37.6 Å². The van der Waals surface area contributed by atoms with Crippen LogP contribution in [0.1, 0.15) is 66.1 Å². The van der Waals surface area contributed by atoms with Crippen molar-refractivity contribution in [2.24, 2.45) is 0 Å². The molecule has 0 bridgehead atoms. The lowest BCUT2D eigenvalue weighted by Crippen LogP contribution is -2.16. The largest absolute Gasteiger partial charge is 0.496 e. The Morgan fingerprint density at radius 3 is 2.25 bits per heavy atom. The summed E-state index contributed by atoms with van der Waals surface area (Å²) in [5.74, 6) is 2.72. The number of benzene rings is 2. The third-order valence-electron chi connectivity index (χ3n) is 7.70. The lowest BCUT2D eigenvalue weighted by Gasteiger charge is -2.25. The lowest BCUT2D eigenvalue weighted by atomic mass is 9.79. The third-order valence-corrected chi connectivity index (χ3v) is 8.77. The van der Waals surface area contributed by atoms with E-state index >= 15 is 0 Å². The molecule has 0 amide bonds. The van der Waals surface area contributed by atoms with Gasteiger partial charge in [0.2, 0.25) is 0 Å². The van der Waals surface area contributed by atoms with Crippen molar-refractivity contribution in [2.45, 2.75) is 59.0 Å². The van der Waals surface area contributed by atoms with E-state index in [0.29, 0.717) is 0 Å². The van der Waals surface area contributed by atoms with Gasteiger partial charge in [-0.15, -0.1) is 11.3 Å². The van der Waals surface area contributed by atoms with Gasteiger partial charge in [-0.2, -0.15) is 0 Å². The fourth-order valence-corrected chi connectivity index (χ4v) is 7.28. The van der Waals surface area contributed by atoms with Gasteiger partial charge in [0, 0.05) is 48.0 Å². The number of aliphatic hydroxyl groups excluding tert-OH is 1. The van der Waals surface area contributed by atoms with E-state index < -0.39 is 0 Å². The molecule has 0 radical (unpaired) electrons. The second kappa shape index (κ2) is 6.06. The summed E-state index contributed by atoms with van der Waals surface area (Å²) in [4.78, 5) is 2.64. The molecule has 1 N–H and O–H groups in total. The van der Waals surface area contributed by atoms with Crippen LogP contribution in [0.15, 0.2) is 28.7 Å². The minimum absolute atomic E-state index is 0.0262. The Labute approximate surface area is 192 Å². The maximum atomic E-state index is 10.6. The molecule has 3 nitrogen and oxygen atoms in total. The summed E-state index contributed by atoms with van der Waals surface area (Å²) >= 11 is 1.85. The first-order valence-electron chi connectivity index (χ1n) is 11.2. The molecule has 2 heterocycles. The van der Waals surface area contributed by atoms with Gasteiger partial charge in [0.1, 0.15) is 17.3 Å². The van der Waals surface area contributed by atoms with Crippen molar-refractivity contribution in [1.82, 2.24) is 0 Å². The fourth-order valence-electron chi connectivity index (χ4n) is 6.04. The van der Waals surface area contributed by atoms with Crippen LogP contribution in [0, 0.1) is 13.8 Å². The van der Waals surface area contributed by atoms with Crippen LogP contribution in [0.3, 0.4) is 0 Å². The van der Waals surface area contributed by atoms with Gasteiger partial charge in [0.25, 0.3) is 0 Å². The normalized spacial score (nSPS) is 16.8. The number of fused-ring (bicyclic) bond motifs is 9. The second-order valence-electron chi connectivity index (χ2n) is 10.3. The molecule has 0 aliphatic heterocycles. The molecule has 2 aromatic carbocycles. The van der Waals surface area contributed by atoms with Gasteiger partial charge in [-0.3, -0.25) is 0 Å². The lowest BCUT2D eigenvalue weighted by molar-refractivity contribution is 0.283. The molecule has 2 aromatic heterocycles. The van der Waals surface area contributed by atoms with Crippen molar-refractivity contribution in [3.05, 3.63) is 62.7 Å². The van der Waals surface area contributed by atoms with Crippen LogP contribution >= 0.6 is 11.3 Å². The zero-order chi connectivity index (χ0) is 22.7. The van der Waals surface area contributed by atoms with Gasteiger partial charge in [-0.25, -0.2) is 0 Å². The molecule has 2 aliphatic carbocycles. The quantitative estimate of drug-likeness (QED) is 0.355. The Morgan fingerprint density at radius 1 is 0.875 bits per heavy atom. The molecule has 2 aliphatic rings. The predicted octanol–water partition coefficient (Wildman–Crippen LogP) is 7.22. The van der Waals surface area contributed by atoms with E-state index in [1.807, 2.05) is 18.3 Å². The van der Waals surface area contributed by atoms with E-state index in [2.05, 4.69) is 58.9 Å². The Balaban J connectivity index is 1.87. The number of aliphatic hydroxyl groups is 1. The smallest absolute Gasteiger partial charge is 0.139 e. The average molecular weight is 445 g/mol. The number of ether oxygens (including phenoxy) is 1. The summed E-state index contributed by atoms with van der Waals surface area (Å²) in [6, 6.07) is 8.90. The van der Waals surface area contributed by atoms with Crippen LogP contribution < -0.4 is 4.74 Å². The number of methoxy groups -OCH3 is 1. The first-order chi connectivity index (χ1) is 15.1. The van der Waals surface area contributed by atoms with Gasteiger partial charge in [0.05, 0.1) is 13.7 Å². The molecule has 6 rings (SSSR count). The van der Waals surface area contributed by atoms with Gasteiger partial charge < -0.3 is 14.3 Å². The van der Waals surface area contributed by atoms with Crippen molar-refractivity contribution in [2.75, 3.05) is 7.11 Å². The maximum absolute atomic E-state index is 10.6. The highest BCUT2D eigenvalue weighted by Gasteiger charge is 2.44. The topological polar surface area (TPSA) is 42.6 Å². The average Bonchev–Trinajstić information content (AvgIpc) is 3.42. The van der Waals surface area contributed by atoms with E-state index in [0.717, 1.165) is 39.2 Å². The Kier molecular flexibility index (Phi) is 3.80. The predicted molar refractivity (Wildman–Crippen MR) is 131 cm³/mol. The molecular weight excluding hydrogens is 416 g/mol. The number of hydrogen-bond donors (Lipinski definition) is 1. The molecule has 4 aromatic rings. The molecule has 0 saturated heterocycles. The zero-order valence-electron chi connectivity index (χ0n) is 19.7. The van der Waals surface area contributed by atoms with Crippen molar-refractivity contribution < 1.29 is 14.3 Å². The van der Waals surface area contributed by atoms with Crippen LogP contribution in [0.5, 0.6) is 5.75 Å². The monoisotopic (exact) mass is 444 g/mol.